The van der Waals surface area contributed by atoms with Gasteiger partial charge in [0.2, 0.25) is 0 Å². The summed E-state index contributed by atoms with van der Waals surface area (Å²) in [6, 6.07) is 0. The van der Waals surface area contributed by atoms with Gasteiger partial charge in [0.15, 0.2) is 0 Å². The Morgan fingerprint density at radius 3 is 1.32 bits per heavy atom. The van der Waals surface area contributed by atoms with Crippen LogP contribution in [0, 0.1) is 0 Å². The molecule has 0 aromatic rings. The Labute approximate surface area is 173 Å². The summed E-state index contributed by atoms with van der Waals surface area (Å²) in [6.45, 7) is 4.67. The molecule has 0 aliphatic heterocycles. The molecular formula is C23H46O5. The molecule has 0 unspecified atom stereocenters. The van der Waals surface area contributed by atoms with E-state index < -0.39 is 5.97 Å². The smallest absolute Gasteiger partial charge is 0.329 e. The van der Waals surface area contributed by atoms with Gasteiger partial charge in [-0.05, 0) is 6.42 Å². The van der Waals surface area contributed by atoms with E-state index >= 15 is 0 Å². The van der Waals surface area contributed by atoms with Crippen LogP contribution >= 0.6 is 0 Å². The van der Waals surface area contributed by atoms with E-state index in [9.17, 15) is 4.79 Å². The molecule has 0 heterocycles. The molecule has 0 rings (SSSR count). The van der Waals surface area contributed by atoms with Crippen LogP contribution in [-0.2, 0) is 19.0 Å². The number of carboxylic acids is 1. The fourth-order valence-corrected chi connectivity index (χ4v) is 3.17. The predicted molar refractivity (Wildman–Crippen MR) is 115 cm³/mol. The number of carboxylic acid groups (broad SMARTS) is 1. The molecule has 28 heavy (non-hydrogen) atoms. The average molecular weight is 403 g/mol. The first kappa shape index (κ1) is 27.4. The van der Waals surface area contributed by atoms with Crippen LogP contribution in [0.5, 0.6) is 0 Å². The van der Waals surface area contributed by atoms with Crippen molar-refractivity contribution < 1.29 is 24.1 Å². The number of aliphatic carboxylic acids is 1. The number of hydrogen-bond donors (Lipinski definition) is 1. The minimum absolute atomic E-state index is 0.265. The maximum atomic E-state index is 10.2. The highest BCUT2D eigenvalue weighted by atomic mass is 16.5. The van der Waals surface area contributed by atoms with Crippen molar-refractivity contribution in [3.05, 3.63) is 0 Å². The zero-order valence-corrected chi connectivity index (χ0v) is 18.4. The van der Waals surface area contributed by atoms with Crippen LogP contribution in [-0.4, -0.2) is 50.7 Å². The molecule has 0 radical (unpaired) electrons. The van der Waals surface area contributed by atoms with Crippen LogP contribution in [0.4, 0.5) is 0 Å². The molecule has 0 aromatic heterocycles. The molecule has 5 heteroatoms. The maximum Gasteiger partial charge on any atom is 0.329 e. The monoisotopic (exact) mass is 402 g/mol. The molecule has 5 nitrogen and oxygen atoms in total. The van der Waals surface area contributed by atoms with Gasteiger partial charge in [0.05, 0.1) is 26.4 Å². The third-order valence-corrected chi connectivity index (χ3v) is 4.86. The van der Waals surface area contributed by atoms with Gasteiger partial charge in [0, 0.05) is 6.61 Å². The van der Waals surface area contributed by atoms with E-state index in [0.717, 1.165) is 13.0 Å². The highest BCUT2D eigenvalue weighted by Crippen LogP contribution is 2.13. The van der Waals surface area contributed by atoms with E-state index in [1.807, 2.05) is 0 Å². The number of carbonyl (C=O) groups is 1. The summed E-state index contributed by atoms with van der Waals surface area (Å²) in [7, 11) is 0. The van der Waals surface area contributed by atoms with Crippen LogP contribution in [0.2, 0.25) is 0 Å². The zero-order chi connectivity index (χ0) is 20.5. The summed E-state index contributed by atoms with van der Waals surface area (Å²) in [4.78, 5) is 10.2. The molecule has 0 aliphatic carbocycles. The summed E-state index contributed by atoms with van der Waals surface area (Å²) in [5.41, 5.74) is 0. The Morgan fingerprint density at radius 1 is 0.536 bits per heavy atom. The summed E-state index contributed by atoms with van der Waals surface area (Å²) in [5, 5.41) is 8.40. The highest BCUT2D eigenvalue weighted by molar-refractivity contribution is 5.67. The zero-order valence-electron chi connectivity index (χ0n) is 18.4. The van der Waals surface area contributed by atoms with Crippen molar-refractivity contribution in [1.29, 1.82) is 0 Å². The van der Waals surface area contributed by atoms with Gasteiger partial charge in [-0.2, -0.15) is 0 Å². The van der Waals surface area contributed by atoms with Crippen molar-refractivity contribution in [3.63, 3.8) is 0 Å². The van der Waals surface area contributed by atoms with Crippen molar-refractivity contribution in [2.24, 2.45) is 0 Å². The molecule has 0 atom stereocenters. The SMILES string of the molecule is CCCCCCCCCCCCCCCCCOCCOCCOCC(=O)O. The van der Waals surface area contributed by atoms with Crippen LogP contribution in [0.15, 0.2) is 0 Å². The van der Waals surface area contributed by atoms with E-state index in [4.69, 9.17) is 19.3 Å². The van der Waals surface area contributed by atoms with Gasteiger partial charge in [-0.1, -0.05) is 96.8 Å². The fourth-order valence-electron chi connectivity index (χ4n) is 3.17. The highest BCUT2D eigenvalue weighted by Gasteiger charge is 1.97. The Balaban J connectivity index is 2.99. The van der Waals surface area contributed by atoms with E-state index in [1.54, 1.807) is 0 Å². The third kappa shape index (κ3) is 25.4. The van der Waals surface area contributed by atoms with Crippen molar-refractivity contribution in [3.8, 4) is 0 Å². The Hall–Kier alpha value is -0.650. The molecule has 1 N–H and O–H groups in total. The molecule has 168 valence electrons. The number of hydrogen-bond acceptors (Lipinski definition) is 4. The van der Waals surface area contributed by atoms with Crippen LogP contribution in [0.3, 0.4) is 0 Å². The van der Waals surface area contributed by atoms with Crippen molar-refractivity contribution >= 4 is 5.97 Å². The Bertz CT molecular complexity index is 309. The second-order valence-electron chi connectivity index (χ2n) is 7.62. The van der Waals surface area contributed by atoms with E-state index in [1.165, 1.54) is 89.9 Å². The van der Waals surface area contributed by atoms with Crippen LogP contribution in [0.25, 0.3) is 0 Å². The molecule has 0 aliphatic rings. The molecule has 0 fully saturated rings. The second kappa shape index (κ2) is 24.4. The fraction of sp³-hybridized carbons (Fsp3) is 0.957. The largest absolute Gasteiger partial charge is 0.480 e. The molecular weight excluding hydrogens is 356 g/mol. The van der Waals surface area contributed by atoms with Gasteiger partial charge in [0.1, 0.15) is 6.61 Å². The molecule has 0 amide bonds. The van der Waals surface area contributed by atoms with Gasteiger partial charge < -0.3 is 19.3 Å². The number of ether oxygens (including phenoxy) is 3. The minimum Gasteiger partial charge on any atom is -0.480 e. The van der Waals surface area contributed by atoms with E-state index in [2.05, 4.69) is 6.92 Å². The molecule has 0 saturated heterocycles. The molecule has 0 spiro atoms. The van der Waals surface area contributed by atoms with Crippen molar-refractivity contribution in [1.82, 2.24) is 0 Å². The van der Waals surface area contributed by atoms with Gasteiger partial charge in [0.25, 0.3) is 0 Å². The lowest BCUT2D eigenvalue weighted by Gasteiger charge is -2.06. The maximum absolute atomic E-state index is 10.2. The summed E-state index contributed by atoms with van der Waals surface area (Å²) in [6.07, 6.45) is 20.6. The number of rotatable bonds is 24. The average Bonchev–Trinajstić information content (AvgIpc) is 2.68. The molecule has 0 aromatic carbocycles. The lowest BCUT2D eigenvalue weighted by atomic mass is 10.0. The Morgan fingerprint density at radius 2 is 0.893 bits per heavy atom. The molecule has 0 bridgehead atoms. The summed E-state index contributed by atoms with van der Waals surface area (Å²) < 4.78 is 15.7. The van der Waals surface area contributed by atoms with Crippen LogP contribution < -0.4 is 0 Å². The molecule has 0 saturated carbocycles. The first-order valence-electron chi connectivity index (χ1n) is 11.7. The minimum atomic E-state index is -0.952. The van der Waals surface area contributed by atoms with Crippen molar-refractivity contribution in [2.75, 3.05) is 39.6 Å². The second-order valence-corrected chi connectivity index (χ2v) is 7.62. The first-order chi connectivity index (χ1) is 13.8. The quantitative estimate of drug-likeness (QED) is 0.201. The lowest BCUT2D eigenvalue weighted by molar-refractivity contribution is -0.142. The normalized spacial score (nSPS) is 11.2. The van der Waals surface area contributed by atoms with Gasteiger partial charge in [-0.3, -0.25) is 0 Å². The first-order valence-corrected chi connectivity index (χ1v) is 11.7. The van der Waals surface area contributed by atoms with Gasteiger partial charge >= 0.3 is 5.97 Å². The van der Waals surface area contributed by atoms with Gasteiger partial charge in [-0.15, -0.1) is 0 Å². The van der Waals surface area contributed by atoms with Crippen molar-refractivity contribution in [2.45, 2.75) is 103 Å². The predicted octanol–water partition coefficient (Wildman–Crippen LogP) is 5.99. The topological polar surface area (TPSA) is 65.0 Å². The van der Waals surface area contributed by atoms with Crippen LogP contribution in [0.1, 0.15) is 103 Å². The standard InChI is InChI=1S/C23H46O5/c1-2-3-4-5-6-7-8-9-10-11-12-13-14-15-16-17-26-18-19-27-20-21-28-22-23(24)25/h2-22H2,1H3,(H,24,25). The summed E-state index contributed by atoms with van der Waals surface area (Å²) in [5.74, 6) is -0.952. The Kier molecular flexibility index (Phi) is 23.8. The third-order valence-electron chi connectivity index (χ3n) is 4.86. The van der Waals surface area contributed by atoms with E-state index in [0.29, 0.717) is 26.4 Å². The van der Waals surface area contributed by atoms with E-state index in [-0.39, 0.29) is 6.61 Å². The number of unbranched alkanes of at least 4 members (excludes halogenated alkanes) is 14. The summed E-state index contributed by atoms with van der Waals surface area (Å²) >= 11 is 0. The van der Waals surface area contributed by atoms with Gasteiger partial charge in [-0.25, -0.2) is 4.79 Å². The lowest BCUT2D eigenvalue weighted by Crippen LogP contribution is -2.13.